The Hall–Kier alpha value is -4.94. The second-order valence-electron chi connectivity index (χ2n) is 9.36. The highest BCUT2D eigenvalue weighted by Gasteiger charge is 2.29. The Balaban J connectivity index is 1.45. The number of carbonyl (C=O) groups excluding carboxylic acids is 2. The molecule has 1 fully saturated rings. The number of hydrogen-bond acceptors (Lipinski definition) is 6. The van der Waals surface area contributed by atoms with E-state index in [1.165, 1.54) is 12.1 Å². The first-order valence-electron chi connectivity index (χ1n) is 13.1. The number of aromatic nitrogens is 1. The number of azide groups is 1. The molecule has 4 rings (SSSR count). The van der Waals surface area contributed by atoms with Crippen molar-refractivity contribution in [2.24, 2.45) is 5.11 Å². The van der Waals surface area contributed by atoms with Gasteiger partial charge in [0.15, 0.2) is 0 Å². The van der Waals surface area contributed by atoms with E-state index in [0.717, 1.165) is 5.56 Å². The minimum Gasteiger partial charge on any atom is -0.369 e. The predicted octanol–water partition coefficient (Wildman–Crippen LogP) is 4.84. The van der Waals surface area contributed by atoms with Crippen LogP contribution >= 0.6 is 0 Å². The summed E-state index contributed by atoms with van der Waals surface area (Å²) in [6, 6.07) is 18.8. The molecule has 10 nitrogen and oxygen atoms in total. The van der Waals surface area contributed by atoms with E-state index in [4.69, 9.17) is 5.53 Å². The maximum Gasteiger partial charge on any atom is 0.255 e. The van der Waals surface area contributed by atoms with Crippen molar-refractivity contribution in [3.8, 4) is 17.3 Å². The molecule has 11 heteroatoms. The highest BCUT2D eigenvalue weighted by molar-refractivity contribution is 5.99. The number of rotatable bonds is 12. The van der Waals surface area contributed by atoms with Crippen molar-refractivity contribution in [2.45, 2.75) is 31.7 Å². The largest absolute Gasteiger partial charge is 0.369 e. The maximum absolute atomic E-state index is 13.6. The van der Waals surface area contributed by atoms with Gasteiger partial charge in [0.25, 0.3) is 5.91 Å². The normalized spacial score (nSPS) is 14.3. The molecule has 0 bridgehead atoms. The Kier molecular flexibility index (Phi) is 9.64. The summed E-state index contributed by atoms with van der Waals surface area (Å²) in [7, 11) is 0. The second kappa shape index (κ2) is 13.7. The highest BCUT2D eigenvalue weighted by Crippen LogP contribution is 2.25. The molecule has 0 saturated carbocycles. The Labute approximate surface area is 231 Å². The van der Waals surface area contributed by atoms with Gasteiger partial charge in [-0.1, -0.05) is 35.4 Å². The van der Waals surface area contributed by atoms with Gasteiger partial charge in [-0.3, -0.25) is 9.59 Å². The fraction of sp³-hybridized carbons (Fsp3) is 0.310. The van der Waals surface area contributed by atoms with Crippen molar-refractivity contribution >= 4 is 17.6 Å². The highest BCUT2D eigenvalue weighted by atomic mass is 19.1. The van der Waals surface area contributed by atoms with Crippen LogP contribution in [0.15, 0.2) is 65.8 Å². The fourth-order valence-corrected chi connectivity index (χ4v) is 4.72. The van der Waals surface area contributed by atoms with Gasteiger partial charge in [-0.15, -0.1) is 0 Å². The molecule has 2 amide bonds. The van der Waals surface area contributed by atoms with E-state index in [1.54, 1.807) is 41.3 Å². The zero-order valence-electron chi connectivity index (χ0n) is 21.9. The second-order valence-corrected chi connectivity index (χ2v) is 9.36. The summed E-state index contributed by atoms with van der Waals surface area (Å²) in [6.07, 6.45) is 2.13. The molecular formula is C29H29FN8O2. The first-order chi connectivity index (χ1) is 19.5. The van der Waals surface area contributed by atoms with Gasteiger partial charge < -0.3 is 15.5 Å². The van der Waals surface area contributed by atoms with E-state index in [-0.39, 0.29) is 30.2 Å². The minimum absolute atomic E-state index is 0.0201. The molecular weight excluding hydrogens is 511 g/mol. The van der Waals surface area contributed by atoms with Gasteiger partial charge in [0, 0.05) is 49.1 Å². The van der Waals surface area contributed by atoms with E-state index in [9.17, 15) is 19.2 Å². The summed E-state index contributed by atoms with van der Waals surface area (Å²) in [6.45, 7) is 1.43. The Morgan fingerprint density at radius 3 is 2.85 bits per heavy atom. The van der Waals surface area contributed by atoms with Crippen LogP contribution in [-0.4, -0.2) is 53.9 Å². The monoisotopic (exact) mass is 540 g/mol. The summed E-state index contributed by atoms with van der Waals surface area (Å²) in [5.41, 5.74) is 11.4. The van der Waals surface area contributed by atoms with E-state index >= 15 is 0 Å². The smallest absolute Gasteiger partial charge is 0.255 e. The van der Waals surface area contributed by atoms with Crippen molar-refractivity contribution in [1.29, 1.82) is 5.26 Å². The van der Waals surface area contributed by atoms with Crippen molar-refractivity contribution in [2.75, 3.05) is 31.5 Å². The van der Waals surface area contributed by atoms with Crippen LogP contribution < -0.4 is 10.6 Å². The lowest BCUT2D eigenvalue weighted by Gasteiger charge is -2.23. The molecule has 1 atom stereocenters. The van der Waals surface area contributed by atoms with Crippen LogP contribution in [0, 0.1) is 17.1 Å². The third kappa shape index (κ3) is 7.12. The van der Waals surface area contributed by atoms with Crippen LogP contribution in [0.1, 0.15) is 40.7 Å². The summed E-state index contributed by atoms with van der Waals surface area (Å²) >= 11 is 0. The van der Waals surface area contributed by atoms with E-state index in [0.29, 0.717) is 73.5 Å². The predicted molar refractivity (Wildman–Crippen MR) is 149 cm³/mol. The lowest BCUT2D eigenvalue weighted by molar-refractivity contribution is -0.128. The third-order valence-electron chi connectivity index (χ3n) is 6.73. The number of benzene rings is 2. The molecule has 40 heavy (non-hydrogen) atoms. The van der Waals surface area contributed by atoms with Gasteiger partial charge in [-0.2, -0.15) is 5.26 Å². The van der Waals surface area contributed by atoms with Crippen LogP contribution in [0.25, 0.3) is 21.7 Å². The molecule has 204 valence electrons. The van der Waals surface area contributed by atoms with E-state index < -0.39 is 0 Å². The molecule has 1 aliphatic rings. The number of amides is 2. The quantitative estimate of drug-likeness (QED) is 0.146. The number of pyridine rings is 1. The van der Waals surface area contributed by atoms with Crippen molar-refractivity contribution in [3.63, 3.8) is 0 Å². The van der Waals surface area contributed by atoms with Crippen molar-refractivity contribution in [1.82, 2.24) is 15.2 Å². The fourth-order valence-electron chi connectivity index (χ4n) is 4.72. The average molecular weight is 541 g/mol. The van der Waals surface area contributed by atoms with Gasteiger partial charge >= 0.3 is 0 Å². The van der Waals surface area contributed by atoms with Crippen LogP contribution in [0.5, 0.6) is 0 Å². The van der Waals surface area contributed by atoms with Crippen LogP contribution in [-0.2, 0) is 11.2 Å². The molecule has 0 spiro atoms. The molecule has 0 aliphatic carbocycles. The number of likely N-dealkylation sites (tertiary alicyclic amines) is 1. The summed E-state index contributed by atoms with van der Waals surface area (Å²) < 4.78 is 13.6. The van der Waals surface area contributed by atoms with Gasteiger partial charge in [-0.25, -0.2) is 9.37 Å². The van der Waals surface area contributed by atoms with Crippen LogP contribution in [0.3, 0.4) is 0 Å². The SMILES string of the molecule is N#Cc1ccccc1-c1ccc(C(=O)NCCCN2C(=O)CC[C@@H]2CN=[N+]=[N-])c(NCCc2cccc(F)c2)n1. The lowest BCUT2D eigenvalue weighted by atomic mass is 10.0. The number of nitrogens with zero attached hydrogens (tertiary/aromatic N) is 6. The Bertz CT molecular complexity index is 1460. The van der Waals surface area contributed by atoms with Gasteiger partial charge in [-0.05, 0) is 60.7 Å². The molecule has 1 aromatic heterocycles. The zero-order valence-corrected chi connectivity index (χ0v) is 21.9. The maximum atomic E-state index is 13.6. The molecule has 0 radical (unpaired) electrons. The third-order valence-corrected chi connectivity index (χ3v) is 6.73. The Morgan fingerprint density at radius 1 is 1.20 bits per heavy atom. The standard InChI is InChI=1S/C29H29FN8O2/c30-22-7-3-5-20(17-22)13-15-33-28-25(10-11-26(36-28)24-8-2-1-6-21(24)18-31)29(40)34-14-4-16-38-23(19-35-37-32)9-12-27(38)39/h1-3,5-8,10-11,17,23H,4,9,12-16,19H2,(H,33,36)(H,34,40)/t23-/m1/s1. The molecule has 3 aromatic rings. The molecule has 2 aromatic carbocycles. The van der Waals surface area contributed by atoms with Crippen LogP contribution in [0.4, 0.5) is 10.2 Å². The lowest BCUT2D eigenvalue weighted by Crippen LogP contribution is -2.37. The number of carbonyl (C=O) groups is 2. The summed E-state index contributed by atoms with van der Waals surface area (Å²) in [5.74, 6) is -0.278. The minimum atomic E-state index is -0.334. The van der Waals surface area contributed by atoms with Crippen molar-refractivity contribution < 1.29 is 14.0 Å². The van der Waals surface area contributed by atoms with E-state index in [1.807, 2.05) is 12.1 Å². The van der Waals surface area contributed by atoms with Gasteiger partial charge in [0.1, 0.15) is 11.6 Å². The first-order valence-corrected chi connectivity index (χ1v) is 13.1. The zero-order chi connectivity index (χ0) is 28.3. The summed E-state index contributed by atoms with van der Waals surface area (Å²) in [4.78, 5) is 34.5. The van der Waals surface area contributed by atoms with Gasteiger partial charge in [0.05, 0.1) is 22.9 Å². The number of nitrogens with one attached hydrogen (secondary N) is 2. The topological polar surface area (TPSA) is 147 Å². The summed E-state index contributed by atoms with van der Waals surface area (Å²) in [5, 5.41) is 19.2. The molecule has 0 unspecified atom stereocenters. The van der Waals surface area contributed by atoms with Crippen LogP contribution in [0.2, 0.25) is 0 Å². The number of halogens is 1. The number of nitriles is 1. The van der Waals surface area contributed by atoms with Gasteiger partial charge in [0.2, 0.25) is 5.91 Å². The molecule has 1 aliphatic heterocycles. The molecule has 1 saturated heterocycles. The van der Waals surface area contributed by atoms with Crippen molar-refractivity contribution in [3.05, 3.63) is 93.6 Å². The first kappa shape index (κ1) is 28.1. The molecule has 2 heterocycles. The Morgan fingerprint density at radius 2 is 2.05 bits per heavy atom. The number of anilines is 1. The van der Waals surface area contributed by atoms with E-state index in [2.05, 4.69) is 31.7 Å². The average Bonchev–Trinajstić information content (AvgIpc) is 3.32. The number of hydrogen-bond donors (Lipinski definition) is 2. The molecule has 2 N–H and O–H groups in total.